The zero-order valence-corrected chi connectivity index (χ0v) is 15.4. The first-order valence-electron chi connectivity index (χ1n) is 8.32. The summed E-state index contributed by atoms with van der Waals surface area (Å²) in [6.07, 6.45) is 1.47. The predicted molar refractivity (Wildman–Crippen MR) is 98.5 cm³/mol. The highest BCUT2D eigenvalue weighted by Gasteiger charge is 2.40. The van der Waals surface area contributed by atoms with Crippen LogP contribution in [0.1, 0.15) is 25.0 Å². The average Bonchev–Trinajstić information content (AvgIpc) is 2.93. The van der Waals surface area contributed by atoms with Gasteiger partial charge in [-0.05, 0) is 19.4 Å². The van der Waals surface area contributed by atoms with Gasteiger partial charge in [0.05, 0.1) is 31.6 Å². The second-order valence-electron chi connectivity index (χ2n) is 6.47. The second-order valence-corrected chi connectivity index (χ2v) is 6.47. The largest absolute Gasteiger partial charge is 0.496 e. The van der Waals surface area contributed by atoms with Gasteiger partial charge in [0.15, 0.2) is 5.60 Å². The van der Waals surface area contributed by atoms with Crippen molar-refractivity contribution in [3.05, 3.63) is 59.9 Å². The highest BCUT2D eigenvalue weighted by Crippen LogP contribution is 2.43. The lowest BCUT2D eigenvalue weighted by Gasteiger charge is -2.18. The summed E-state index contributed by atoms with van der Waals surface area (Å²) in [4.78, 5) is 12.7. The van der Waals surface area contributed by atoms with E-state index in [2.05, 4.69) is 0 Å². The summed E-state index contributed by atoms with van der Waals surface area (Å²) in [6.45, 7) is 3.83. The van der Waals surface area contributed by atoms with Crippen LogP contribution in [0.15, 0.2) is 48.7 Å². The molecule has 0 radical (unpaired) electrons. The number of Topliss-reactive ketones (excluding diaryl/α,β-unsaturated/α-hetero) is 1. The Hall–Kier alpha value is -2.95. The zero-order chi connectivity index (χ0) is 18.7. The third-order valence-corrected chi connectivity index (χ3v) is 4.26. The Labute approximate surface area is 153 Å². The van der Waals surface area contributed by atoms with Crippen molar-refractivity contribution in [1.82, 2.24) is 0 Å². The molecule has 0 saturated carbocycles. The van der Waals surface area contributed by atoms with E-state index < -0.39 is 5.60 Å². The minimum absolute atomic E-state index is 0.120. The summed E-state index contributed by atoms with van der Waals surface area (Å²) in [7, 11) is 3.12. The van der Waals surface area contributed by atoms with Crippen molar-refractivity contribution in [2.45, 2.75) is 26.1 Å². The highest BCUT2D eigenvalue weighted by molar-refractivity contribution is 6.27. The molecule has 0 atom stereocenters. The zero-order valence-electron chi connectivity index (χ0n) is 15.4. The van der Waals surface area contributed by atoms with E-state index >= 15 is 0 Å². The lowest BCUT2D eigenvalue weighted by atomic mass is 9.93. The number of carbonyl (C=O) groups excluding carboxylic acids is 1. The quantitative estimate of drug-likeness (QED) is 0.785. The molecule has 2 aromatic rings. The third kappa shape index (κ3) is 3.38. The van der Waals surface area contributed by atoms with Crippen molar-refractivity contribution in [2.24, 2.45) is 0 Å². The van der Waals surface area contributed by atoms with E-state index in [0.29, 0.717) is 35.0 Å². The van der Waals surface area contributed by atoms with Crippen LogP contribution < -0.4 is 14.2 Å². The fraction of sp³-hybridized carbons (Fsp3) is 0.286. The Bertz CT molecular complexity index is 837. The van der Waals surface area contributed by atoms with Crippen molar-refractivity contribution < 1.29 is 23.7 Å². The average molecular weight is 354 g/mol. The lowest BCUT2D eigenvalue weighted by molar-refractivity contribution is -0.125. The predicted octanol–water partition coefficient (Wildman–Crippen LogP) is 4.00. The summed E-state index contributed by atoms with van der Waals surface area (Å²) in [5.41, 5.74) is 1.11. The van der Waals surface area contributed by atoms with Crippen molar-refractivity contribution in [2.75, 3.05) is 14.2 Å². The first-order chi connectivity index (χ1) is 12.5. The van der Waals surface area contributed by atoms with Crippen LogP contribution in [0.4, 0.5) is 0 Å². The summed E-state index contributed by atoms with van der Waals surface area (Å²) < 4.78 is 22.4. The molecule has 5 heteroatoms. The van der Waals surface area contributed by atoms with E-state index in [1.165, 1.54) is 6.26 Å². The van der Waals surface area contributed by atoms with Crippen LogP contribution in [-0.4, -0.2) is 25.6 Å². The molecule has 0 unspecified atom stereocenters. The minimum atomic E-state index is -0.906. The van der Waals surface area contributed by atoms with Crippen molar-refractivity contribution in [1.29, 1.82) is 0 Å². The highest BCUT2D eigenvalue weighted by atomic mass is 16.5. The van der Waals surface area contributed by atoms with Gasteiger partial charge in [-0.25, -0.2) is 0 Å². The van der Waals surface area contributed by atoms with Gasteiger partial charge in [0, 0.05) is 12.1 Å². The molecule has 0 spiro atoms. The van der Waals surface area contributed by atoms with Gasteiger partial charge in [0.2, 0.25) is 5.78 Å². The number of hydrogen-bond donors (Lipinski definition) is 0. The number of ketones is 1. The topological polar surface area (TPSA) is 54.0 Å². The Kier molecular flexibility index (Phi) is 4.89. The van der Waals surface area contributed by atoms with Gasteiger partial charge in [-0.3, -0.25) is 4.79 Å². The van der Waals surface area contributed by atoms with E-state index in [-0.39, 0.29) is 5.78 Å². The van der Waals surface area contributed by atoms with E-state index in [1.807, 2.05) is 30.3 Å². The lowest BCUT2D eigenvalue weighted by Crippen LogP contribution is -2.29. The van der Waals surface area contributed by atoms with Crippen LogP contribution in [-0.2, 0) is 16.1 Å². The number of carbonyl (C=O) groups is 1. The maximum Gasteiger partial charge on any atom is 0.209 e. The van der Waals surface area contributed by atoms with Crippen molar-refractivity contribution in [3.8, 4) is 17.2 Å². The Morgan fingerprint density at radius 2 is 1.69 bits per heavy atom. The van der Waals surface area contributed by atoms with E-state index in [1.54, 1.807) is 40.2 Å². The van der Waals surface area contributed by atoms with E-state index in [4.69, 9.17) is 18.9 Å². The maximum absolute atomic E-state index is 12.7. The number of methoxy groups -OCH3 is 2. The molecule has 3 rings (SSSR count). The fourth-order valence-corrected chi connectivity index (χ4v) is 2.77. The van der Waals surface area contributed by atoms with Crippen molar-refractivity contribution >= 4 is 11.4 Å². The Balaban J connectivity index is 2.02. The molecule has 0 amide bonds. The first-order valence-corrected chi connectivity index (χ1v) is 8.32. The van der Waals surface area contributed by atoms with Crippen LogP contribution in [0.2, 0.25) is 0 Å². The molecular weight excluding hydrogens is 332 g/mol. The van der Waals surface area contributed by atoms with Crippen LogP contribution >= 0.6 is 0 Å². The standard InChI is InChI=1S/C21H22O5/c1-21(2)20(22)16(13-26-21)19-17(24-4)10-15(23-3)11-18(19)25-12-14-8-6-5-7-9-14/h5-11,13H,12H2,1-4H3. The van der Waals surface area contributed by atoms with Crippen LogP contribution in [0.5, 0.6) is 17.2 Å². The summed E-state index contributed by atoms with van der Waals surface area (Å²) in [5, 5.41) is 0. The third-order valence-electron chi connectivity index (χ3n) is 4.26. The summed E-state index contributed by atoms with van der Waals surface area (Å²) in [5.74, 6) is 1.46. The van der Waals surface area contributed by atoms with Crippen molar-refractivity contribution in [3.63, 3.8) is 0 Å². The van der Waals surface area contributed by atoms with Crippen LogP contribution in [0, 0.1) is 0 Å². The number of hydrogen-bond acceptors (Lipinski definition) is 5. The number of ether oxygens (including phenoxy) is 4. The normalized spacial score (nSPS) is 15.2. The molecule has 0 saturated heterocycles. The number of rotatable bonds is 6. The molecule has 0 N–H and O–H groups in total. The molecule has 0 fully saturated rings. The molecule has 0 aromatic heterocycles. The Morgan fingerprint density at radius 3 is 2.27 bits per heavy atom. The van der Waals surface area contributed by atoms with Gasteiger partial charge in [-0.1, -0.05) is 30.3 Å². The molecule has 5 nitrogen and oxygen atoms in total. The molecule has 1 aliphatic rings. The SMILES string of the molecule is COc1cc(OC)c(C2=COC(C)(C)C2=O)c(OCc2ccccc2)c1. The fourth-order valence-electron chi connectivity index (χ4n) is 2.77. The van der Waals surface area contributed by atoms with Gasteiger partial charge in [0.1, 0.15) is 23.9 Å². The Morgan fingerprint density at radius 1 is 1.00 bits per heavy atom. The molecule has 136 valence electrons. The molecule has 1 heterocycles. The van der Waals surface area contributed by atoms with E-state index in [0.717, 1.165) is 5.56 Å². The molecular formula is C21H22O5. The van der Waals surface area contributed by atoms with Gasteiger partial charge in [-0.15, -0.1) is 0 Å². The molecule has 0 aliphatic carbocycles. The molecule has 1 aliphatic heterocycles. The van der Waals surface area contributed by atoms with Gasteiger partial charge >= 0.3 is 0 Å². The summed E-state index contributed by atoms with van der Waals surface area (Å²) in [6, 6.07) is 13.3. The maximum atomic E-state index is 12.7. The molecule has 0 bridgehead atoms. The molecule has 26 heavy (non-hydrogen) atoms. The second kappa shape index (κ2) is 7.12. The van der Waals surface area contributed by atoms with Gasteiger partial charge in [-0.2, -0.15) is 0 Å². The monoisotopic (exact) mass is 354 g/mol. The van der Waals surface area contributed by atoms with Gasteiger partial charge < -0.3 is 18.9 Å². The van der Waals surface area contributed by atoms with E-state index in [9.17, 15) is 4.79 Å². The summed E-state index contributed by atoms with van der Waals surface area (Å²) >= 11 is 0. The van der Waals surface area contributed by atoms with Crippen LogP contribution in [0.25, 0.3) is 5.57 Å². The smallest absolute Gasteiger partial charge is 0.209 e. The van der Waals surface area contributed by atoms with Crippen LogP contribution in [0.3, 0.4) is 0 Å². The van der Waals surface area contributed by atoms with Gasteiger partial charge in [0.25, 0.3) is 0 Å². The minimum Gasteiger partial charge on any atom is -0.496 e. The molecule has 2 aromatic carbocycles. The number of benzene rings is 2. The first kappa shape index (κ1) is 17.9.